The molecule has 29 heavy (non-hydrogen) atoms. The number of aromatic amines is 1. The van der Waals surface area contributed by atoms with E-state index >= 15 is 0 Å². The van der Waals surface area contributed by atoms with E-state index in [9.17, 15) is 9.90 Å². The number of aliphatic carboxylic acids is 1. The summed E-state index contributed by atoms with van der Waals surface area (Å²) in [5, 5.41) is 12.7. The van der Waals surface area contributed by atoms with Crippen LogP contribution >= 0.6 is 34.8 Å². The lowest BCUT2D eigenvalue weighted by Gasteiger charge is -2.37. The van der Waals surface area contributed by atoms with E-state index in [-0.39, 0.29) is 0 Å². The Labute approximate surface area is 183 Å². The van der Waals surface area contributed by atoms with Gasteiger partial charge in [0.1, 0.15) is 6.04 Å². The van der Waals surface area contributed by atoms with Gasteiger partial charge in [0.05, 0.1) is 0 Å². The van der Waals surface area contributed by atoms with Crippen molar-refractivity contribution in [3.05, 3.63) is 68.8 Å². The number of carboxylic acid groups (broad SMARTS) is 1. The number of rotatable bonds is 5. The summed E-state index contributed by atoms with van der Waals surface area (Å²) in [6.07, 6.45) is 1.78. The number of fused-ring (bicyclic) bond motifs is 1. The van der Waals surface area contributed by atoms with Crippen LogP contribution in [-0.2, 0) is 11.3 Å². The first-order valence-corrected chi connectivity index (χ1v) is 10.5. The third-order valence-corrected chi connectivity index (χ3v) is 6.21. The second kappa shape index (κ2) is 8.54. The van der Waals surface area contributed by atoms with Crippen LogP contribution < -0.4 is 0 Å². The number of nitrogens with one attached hydrogen (secondary N) is 1. The van der Waals surface area contributed by atoms with Gasteiger partial charge in [0, 0.05) is 70.5 Å². The van der Waals surface area contributed by atoms with Gasteiger partial charge in [-0.2, -0.15) is 0 Å². The number of piperazine rings is 1. The molecule has 1 unspecified atom stereocenters. The number of aromatic nitrogens is 1. The highest BCUT2D eigenvalue weighted by Gasteiger charge is 2.32. The first kappa shape index (κ1) is 20.5. The summed E-state index contributed by atoms with van der Waals surface area (Å²) in [6, 6.07) is 10.3. The summed E-state index contributed by atoms with van der Waals surface area (Å²) in [4.78, 5) is 19.6. The zero-order chi connectivity index (χ0) is 20.5. The lowest BCUT2D eigenvalue weighted by molar-refractivity contribution is -0.144. The van der Waals surface area contributed by atoms with E-state index in [4.69, 9.17) is 34.8 Å². The Morgan fingerprint density at radius 2 is 1.72 bits per heavy atom. The Morgan fingerprint density at radius 1 is 1.03 bits per heavy atom. The Morgan fingerprint density at radius 3 is 2.41 bits per heavy atom. The highest BCUT2D eigenvalue weighted by molar-refractivity contribution is 6.35. The fourth-order valence-electron chi connectivity index (χ4n) is 3.90. The molecule has 152 valence electrons. The number of benzene rings is 2. The number of carbonyl (C=O) groups is 1. The van der Waals surface area contributed by atoms with Gasteiger partial charge in [0.15, 0.2) is 0 Å². The van der Waals surface area contributed by atoms with Crippen molar-refractivity contribution >= 4 is 51.7 Å². The van der Waals surface area contributed by atoms with Crippen LogP contribution in [0, 0.1) is 0 Å². The molecular weight excluding hydrogens is 433 g/mol. The van der Waals surface area contributed by atoms with Crippen LogP contribution in [0.3, 0.4) is 0 Å². The Kier molecular flexibility index (Phi) is 6.04. The molecule has 2 N–H and O–H groups in total. The predicted octanol–water partition coefficient (Wildman–Crippen LogP) is 5.07. The average Bonchev–Trinajstić information content (AvgIpc) is 3.08. The highest BCUT2D eigenvalue weighted by atomic mass is 35.5. The van der Waals surface area contributed by atoms with E-state index in [1.54, 1.807) is 18.3 Å². The van der Waals surface area contributed by atoms with Gasteiger partial charge >= 0.3 is 5.97 Å². The van der Waals surface area contributed by atoms with E-state index in [1.807, 2.05) is 29.2 Å². The molecule has 2 heterocycles. The topological polar surface area (TPSA) is 59.6 Å². The van der Waals surface area contributed by atoms with Gasteiger partial charge in [-0.15, -0.1) is 0 Å². The summed E-state index contributed by atoms with van der Waals surface area (Å²) >= 11 is 18.3. The van der Waals surface area contributed by atoms with Gasteiger partial charge < -0.3 is 10.1 Å². The SMILES string of the molecule is O=C(O)C(c1c[nH]c2cc(Cl)ccc12)N1CCN(Cc2ccc(Cl)cc2Cl)CC1. The quantitative estimate of drug-likeness (QED) is 0.567. The van der Waals surface area contributed by atoms with Crippen LogP contribution in [0.25, 0.3) is 10.9 Å². The third-order valence-electron chi connectivity index (χ3n) is 5.39. The second-order valence-electron chi connectivity index (χ2n) is 7.22. The fourth-order valence-corrected chi connectivity index (χ4v) is 4.54. The lowest BCUT2D eigenvalue weighted by atomic mass is 10.0. The predicted molar refractivity (Wildman–Crippen MR) is 117 cm³/mol. The van der Waals surface area contributed by atoms with Crippen LogP contribution in [-0.4, -0.2) is 52.0 Å². The van der Waals surface area contributed by atoms with Gasteiger partial charge in [0.2, 0.25) is 0 Å². The molecule has 8 heteroatoms. The van der Waals surface area contributed by atoms with Crippen molar-refractivity contribution in [1.82, 2.24) is 14.8 Å². The summed E-state index contributed by atoms with van der Waals surface area (Å²) in [7, 11) is 0. The molecule has 0 saturated carbocycles. The second-order valence-corrected chi connectivity index (χ2v) is 8.50. The van der Waals surface area contributed by atoms with Crippen LogP contribution in [0.1, 0.15) is 17.2 Å². The minimum Gasteiger partial charge on any atom is -0.480 e. The molecule has 0 radical (unpaired) electrons. The zero-order valence-corrected chi connectivity index (χ0v) is 17.8. The molecule has 2 aromatic carbocycles. The van der Waals surface area contributed by atoms with Crippen LogP contribution in [0.4, 0.5) is 0 Å². The Hall–Kier alpha value is -1.76. The van der Waals surface area contributed by atoms with E-state index in [2.05, 4.69) is 9.88 Å². The molecule has 1 aromatic heterocycles. The summed E-state index contributed by atoms with van der Waals surface area (Å²) in [6.45, 7) is 3.55. The molecule has 1 aliphatic rings. The first-order valence-electron chi connectivity index (χ1n) is 9.32. The largest absolute Gasteiger partial charge is 0.480 e. The van der Waals surface area contributed by atoms with Crippen molar-refractivity contribution in [3.8, 4) is 0 Å². The van der Waals surface area contributed by atoms with Crippen molar-refractivity contribution in [3.63, 3.8) is 0 Å². The maximum absolute atomic E-state index is 12.1. The molecule has 0 aliphatic carbocycles. The van der Waals surface area contributed by atoms with Gasteiger partial charge in [-0.3, -0.25) is 14.6 Å². The number of halogens is 3. The molecule has 4 rings (SSSR count). The number of carboxylic acids is 1. The van der Waals surface area contributed by atoms with Gasteiger partial charge in [-0.25, -0.2) is 0 Å². The molecule has 0 amide bonds. The molecule has 0 spiro atoms. The van der Waals surface area contributed by atoms with E-state index in [1.165, 1.54) is 0 Å². The van der Waals surface area contributed by atoms with Gasteiger partial charge in [0.25, 0.3) is 0 Å². The molecule has 1 atom stereocenters. The maximum Gasteiger partial charge on any atom is 0.325 e. The van der Waals surface area contributed by atoms with Crippen molar-refractivity contribution in [2.45, 2.75) is 12.6 Å². The number of hydrogen-bond donors (Lipinski definition) is 2. The van der Waals surface area contributed by atoms with Crippen molar-refractivity contribution in [2.24, 2.45) is 0 Å². The summed E-state index contributed by atoms with van der Waals surface area (Å²) in [5.41, 5.74) is 2.63. The van der Waals surface area contributed by atoms with E-state index in [0.717, 1.165) is 35.1 Å². The summed E-state index contributed by atoms with van der Waals surface area (Å²) < 4.78 is 0. The van der Waals surface area contributed by atoms with E-state index < -0.39 is 12.0 Å². The Balaban J connectivity index is 1.48. The van der Waals surface area contributed by atoms with Crippen LogP contribution in [0.5, 0.6) is 0 Å². The average molecular weight is 453 g/mol. The Bertz CT molecular complexity index is 1040. The zero-order valence-electron chi connectivity index (χ0n) is 15.5. The molecule has 1 fully saturated rings. The monoisotopic (exact) mass is 451 g/mol. The third kappa shape index (κ3) is 4.39. The number of H-pyrrole nitrogens is 1. The molecular formula is C21H20Cl3N3O2. The van der Waals surface area contributed by atoms with Gasteiger partial charge in [-0.05, 0) is 29.8 Å². The molecule has 3 aromatic rings. The van der Waals surface area contributed by atoms with Gasteiger partial charge in [-0.1, -0.05) is 46.9 Å². The molecule has 5 nitrogen and oxygen atoms in total. The first-order chi connectivity index (χ1) is 13.9. The molecule has 1 saturated heterocycles. The standard InChI is InChI=1S/C21H20Cl3N3O2/c22-14-2-1-13(18(24)9-14)12-26-5-7-27(8-6-26)20(21(28)29)17-11-25-19-10-15(23)3-4-16(17)19/h1-4,9-11,20,25H,5-8,12H2,(H,28,29). The maximum atomic E-state index is 12.1. The molecule has 0 bridgehead atoms. The smallest absolute Gasteiger partial charge is 0.325 e. The lowest BCUT2D eigenvalue weighted by Crippen LogP contribution is -2.48. The van der Waals surface area contributed by atoms with E-state index in [0.29, 0.717) is 34.7 Å². The van der Waals surface area contributed by atoms with Crippen LogP contribution in [0.15, 0.2) is 42.6 Å². The minimum absolute atomic E-state index is 0.618. The minimum atomic E-state index is -0.852. The number of hydrogen-bond acceptors (Lipinski definition) is 3. The normalized spacial score (nSPS) is 16.9. The summed E-state index contributed by atoms with van der Waals surface area (Å²) in [5.74, 6) is -0.852. The highest BCUT2D eigenvalue weighted by Crippen LogP contribution is 2.31. The van der Waals surface area contributed by atoms with Crippen LogP contribution in [0.2, 0.25) is 15.1 Å². The number of nitrogens with zero attached hydrogens (tertiary/aromatic N) is 2. The van der Waals surface area contributed by atoms with Crippen molar-refractivity contribution < 1.29 is 9.90 Å². The van der Waals surface area contributed by atoms with Crippen molar-refractivity contribution in [2.75, 3.05) is 26.2 Å². The molecule has 1 aliphatic heterocycles. The fraction of sp³-hybridized carbons (Fsp3) is 0.286. The van der Waals surface area contributed by atoms with Crippen molar-refractivity contribution in [1.29, 1.82) is 0 Å².